The molecule has 0 saturated carbocycles. The van der Waals surface area contributed by atoms with E-state index in [-0.39, 0.29) is 0 Å². The molecule has 0 radical (unpaired) electrons. The minimum Gasteiger partial charge on any atom is -0.300 e. The second-order valence-corrected chi connectivity index (χ2v) is 13.6. The molecular formula is C52H36N4. The van der Waals surface area contributed by atoms with Gasteiger partial charge < -0.3 is 5.41 Å². The van der Waals surface area contributed by atoms with E-state index in [4.69, 9.17) is 20.4 Å². The second-order valence-electron chi connectivity index (χ2n) is 13.6. The number of benzene rings is 8. The van der Waals surface area contributed by atoms with Crippen LogP contribution in [0, 0.1) is 5.41 Å². The zero-order valence-corrected chi connectivity index (χ0v) is 30.5. The summed E-state index contributed by atoms with van der Waals surface area (Å²) in [4.78, 5) is 15.1. The van der Waals surface area contributed by atoms with Crippen LogP contribution in [-0.4, -0.2) is 20.7 Å². The van der Waals surface area contributed by atoms with Crippen LogP contribution in [0.25, 0.3) is 72.8 Å². The Bertz CT molecular complexity index is 2850. The van der Waals surface area contributed by atoms with Gasteiger partial charge in [0.05, 0.1) is 5.71 Å². The summed E-state index contributed by atoms with van der Waals surface area (Å²) < 4.78 is 0. The number of fused-ring (bicyclic) bond motifs is 1. The third kappa shape index (κ3) is 7.20. The van der Waals surface area contributed by atoms with Gasteiger partial charge in [0.15, 0.2) is 17.5 Å². The molecule has 56 heavy (non-hydrogen) atoms. The van der Waals surface area contributed by atoms with E-state index in [0.717, 1.165) is 72.0 Å². The lowest BCUT2D eigenvalue weighted by Crippen LogP contribution is -2.00. The first-order valence-electron chi connectivity index (χ1n) is 18.7. The van der Waals surface area contributed by atoms with Crippen molar-refractivity contribution in [1.29, 1.82) is 5.41 Å². The van der Waals surface area contributed by atoms with Gasteiger partial charge in [0.2, 0.25) is 0 Å². The van der Waals surface area contributed by atoms with Crippen LogP contribution in [0.3, 0.4) is 0 Å². The van der Waals surface area contributed by atoms with Crippen molar-refractivity contribution in [3.05, 3.63) is 229 Å². The molecule has 8 aromatic carbocycles. The maximum absolute atomic E-state index is 9.05. The highest BCUT2D eigenvalue weighted by Gasteiger charge is 2.15. The van der Waals surface area contributed by atoms with Gasteiger partial charge in [-0.2, -0.15) is 0 Å². The van der Waals surface area contributed by atoms with E-state index in [1.165, 1.54) is 0 Å². The molecule has 0 atom stereocenters. The zero-order valence-electron chi connectivity index (χ0n) is 30.5. The highest BCUT2D eigenvalue weighted by Crippen LogP contribution is 2.35. The van der Waals surface area contributed by atoms with E-state index in [1.807, 2.05) is 91.0 Å². The summed E-state index contributed by atoms with van der Waals surface area (Å²) in [5, 5.41) is 11.3. The fourth-order valence-corrected chi connectivity index (χ4v) is 7.12. The van der Waals surface area contributed by atoms with E-state index in [9.17, 15) is 0 Å². The second kappa shape index (κ2) is 15.4. The minimum absolute atomic E-state index is 0.462. The summed E-state index contributed by atoms with van der Waals surface area (Å²) in [7, 11) is 0. The molecule has 4 nitrogen and oxygen atoms in total. The summed E-state index contributed by atoms with van der Waals surface area (Å²) in [5.41, 5.74) is 11.6. The Morgan fingerprint density at radius 3 is 1.41 bits per heavy atom. The summed E-state index contributed by atoms with van der Waals surface area (Å²) in [6.45, 7) is 0. The average Bonchev–Trinajstić information content (AvgIpc) is 3.29. The molecule has 0 spiro atoms. The molecular weight excluding hydrogens is 681 g/mol. The van der Waals surface area contributed by atoms with Crippen LogP contribution < -0.4 is 0 Å². The van der Waals surface area contributed by atoms with Crippen molar-refractivity contribution in [3.8, 4) is 56.4 Å². The Morgan fingerprint density at radius 2 is 0.804 bits per heavy atom. The molecule has 1 heterocycles. The molecule has 0 amide bonds. The number of hydrogen-bond acceptors (Lipinski definition) is 4. The molecule has 0 aliphatic rings. The van der Waals surface area contributed by atoms with E-state index in [0.29, 0.717) is 23.2 Å². The Morgan fingerprint density at radius 1 is 0.357 bits per heavy atom. The van der Waals surface area contributed by atoms with Gasteiger partial charge in [-0.1, -0.05) is 188 Å². The largest absolute Gasteiger partial charge is 0.300 e. The highest BCUT2D eigenvalue weighted by molar-refractivity contribution is 6.13. The van der Waals surface area contributed by atoms with Crippen molar-refractivity contribution in [2.45, 2.75) is 0 Å². The molecule has 9 rings (SSSR count). The van der Waals surface area contributed by atoms with Gasteiger partial charge in [-0.3, -0.25) is 0 Å². The first-order chi connectivity index (χ1) is 27.7. The smallest absolute Gasteiger partial charge is 0.164 e. The van der Waals surface area contributed by atoms with Crippen molar-refractivity contribution in [2.75, 3.05) is 0 Å². The van der Waals surface area contributed by atoms with Crippen molar-refractivity contribution in [3.63, 3.8) is 0 Å². The van der Waals surface area contributed by atoms with E-state index < -0.39 is 0 Å². The molecule has 0 aliphatic heterocycles. The van der Waals surface area contributed by atoms with Crippen LogP contribution >= 0.6 is 0 Å². The molecule has 0 unspecified atom stereocenters. The number of hydrogen-bond donors (Lipinski definition) is 1. The summed E-state index contributed by atoms with van der Waals surface area (Å²) in [5.74, 6) is 1.85. The molecule has 264 valence electrons. The predicted octanol–water partition coefficient (Wildman–Crippen LogP) is 12.9. The SMILES string of the molecule is N=C(/C=C(/c1ccccc1)c1cccc2ccc(-c3cccc(-c4nc(-c5ccccc5)nc(-c5cccc(-c6ccccc6)c5)n4)c3)cc12)c1ccccc1. The molecule has 0 fully saturated rings. The average molecular weight is 717 g/mol. The summed E-state index contributed by atoms with van der Waals surface area (Å²) >= 11 is 0. The molecule has 1 aromatic heterocycles. The minimum atomic E-state index is 0.462. The number of rotatable bonds is 9. The van der Waals surface area contributed by atoms with Crippen LogP contribution in [-0.2, 0) is 0 Å². The Kier molecular flexibility index (Phi) is 9.43. The molecule has 0 aliphatic carbocycles. The Hall–Kier alpha value is -7.56. The van der Waals surface area contributed by atoms with Crippen molar-refractivity contribution in [1.82, 2.24) is 15.0 Å². The number of aromatic nitrogens is 3. The summed E-state index contributed by atoms with van der Waals surface area (Å²) in [6.07, 6.45) is 1.99. The standard InChI is InChI=1S/C52H36N4/c53-49(39-20-9-3-10-21-39)35-48(37-18-7-2-8-19-37)46-29-15-24-38-30-31-43(34-47(38)46)42-26-14-28-45(33-42)52-55-50(40-22-11-4-12-23-40)54-51(56-52)44-27-13-25-41(32-44)36-16-5-1-6-17-36/h1-35,53H/b48-35-,53-49?. The number of allylic oxidation sites excluding steroid dienone is 1. The lowest BCUT2D eigenvalue weighted by Gasteiger charge is -2.14. The van der Waals surface area contributed by atoms with Gasteiger partial charge in [-0.25, -0.2) is 15.0 Å². The molecule has 1 N–H and O–H groups in total. The highest BCUT2D eigenvalue weighted by atomic mass is 15.0. The van der Waals surface area contributed by atoms with Crippen LogP contribution in [0.2, 0.25) is 0 Å². The van der Waals surface area contributed by atoms with Crippen LogP contribution in [0.15, 0.2) is 212 Å². The van der Waals surface area contributed by atoms with Gasteiger partial charge in [0, 0.05) is 16.7 Å². The Labute approximate surface area is 326 Å². The van der Waals surface area contributed by atoms with Crippen molar-refractivity contribution < 1.29 is 0 Å². The van der Waals surface area contributed by atoms with Crippen molar-refractivity contribution in [2.24, 2.45) is 0 Å². The fraction of sp³-hybridized carbons (Fsp3) is 0. The Balaban J connectivity index is 1.15. The predicted molar refractivity (Wildman–Crippen MR) is 231 cm³/mol. The van der Waals surface area contributed by atoms with E-state index in [1.54, 1.807) is 0 Å². The quantitative estimate of drug-likeness (QED) is 0.151. The van der Waals surface area contributed by atoms with Crippen LogP contribution in [0.5, 0.6) is 0 Å². The normalized spacial score (nSPS) is 11.4. The molecule has 0 saturated heterocycles. The lowest BCUT2D eigenvalue weighted by atomic mass is 9.90. The molecule has 4 heteroatoms. The third-order valence-electron chi connectivity index (χ3n) is 9.98. The van der Waals surface area contributed by atoms with Gasteiger partial charge in [0.1, 0.15) is 0 Å². The maximum Gasteiger partial charge on any atom is 0.164 e. The van der Waals surface area contributed by atoms with Crippen LogP contribution in [0.4, 0.5) is 0 Å². The molecule has 9 aromatic rings. The van der Waals surface area contributed by atoms with Crippen LogP contribution in [0.1, 0.15) is 16.7 Å². The monoisotopic (exact) mass is 716 g/mol. The topological polar surface area (TPSA) is 62.5 Å². The third-order valence-corrected chi connectivity index (χ3v) is 9.98. The molecule has 0 bridgehead atoms. The fourth-order valence-electron chi connectivity index (χ4n) is 7.12. The first-order valence-corrected chi connectivity index (χ1v) is 18.7. The number of nitrogens with one attached hydrogen (secondary N) is 1. The lowest BCUT2D eigenvalue weighted by molar-refractivity contribution is 1.07. The van der Waals surface area contributed by atoms with Gasteiger partial charge in [-0.05, 0) is 79.6 Å². The van der Waals surface area contributed by atoms with Gasteiger partial charge in [-0.15, -0.1) is 0 Å². The summed E-state index contributed by atoms with van der Waals surface area (Å²) in [6, 6.07) is 70.5. The van der Waals surface area contributed by atoms with E-state index in [2.05, 4.69) is 121 Å². The van der Waals surface area contributed by atoms with E-state index >= 15 is 0 Å². The number of nitrogens with zero attached hydrogens (tertiary/aromatic N) is 3. The van der Waals surface area contributed by atoms with Gasteiger partial charge >= 0.3 is 0 Å². The zero-order chi connectivity index (χ0) is 37.7. The first kappa shape index (κ1) is 34.2. The maximum atomic E-state index is 9.05. The van der Waals surface area contributed by atoms with Gasteiger partial charge in [0.25, 0.3) is 0 Å². The van der Waals surface area contributed by atoms with Crippen molar-refractivity contribution >= 4 is 22.1 Å².